The maximum atomic E-state index is 9.62. The molecule has 0 saturated heterocycles. The molecule has 1 atom stereocenters. The Morgan fingerprint density at radius 1 is 0.364 bits per heavy atom. The van der Waals surface area contributed by atoms with Crippen molar-refractivity contribution in [2.75, 3.05) is 19.7 Å². The van der Waals surface area contributed by atoms with Crippen LogP contribution >= 0.6 is 0 Å². The molecule has 0 aromatic heterocycles. The SMILES string of the molecule is CCCCCCCCCCCCCCCCCCC(CCCCCCCCCCCCCCCCCC)[NH+](CC)CCO.[I-]. The van der Waals surface area contributed by atoms with Crippen LogP contribution in [0.2, 0.25) is 0 Å². The van der Waals surface area contributed by atoms with E-state index in [2.05, 4.69) is 20.8 Å². The number of hydrogen-bond donors (Lipinski definition) is 2. The number of aliphatic hydroxyl groups excluding tert-OH is 1. The number of unbranched alkanes of at least 4 members (excludes halogenated alkanes) is 30. The van der Waals surface area contributed by atoms with E-state index in [9.17, 15) is 5.11 Å². The second kappa shape index (κ2) is 41.7. The van der Waals surface area contributed by atoms with Gasteiger partial charge >= 0.3 is 0 Å². The van der Waals surface area contributed by atoms with Crippen molar-refractivity contribution in [3.63, 3.8) is 0 Å². The first-order valence-corrected chi connectivity index (χ1v) is 20.7. The highest BCUT2D eigenvalue weighted by molar-refractivity contribution is 4.60. The maximum absolute atomic E-state index is 9.62. The number of rotatable bonds is 38. The van der Waals surface area contributed by atoms with Crippen LogP contribution in [0.4, 0.5) is 0 Å². The lowest BCUT2D eigenvalue weighted by Gasteiger charge is -2.27. The van der Waals surface area contributed by atoms with E-state index in [4.69, 9.17) is 0 Å². The normalized spacial score (nSPS) is 12.2. The van der Waals surface area contributed by atoms with Crippen molar-refractivity contribution >= 4 is 0 Å². The van der Waals surface area contributed by atoms with Gasteiger partial charge in [0.05, 0.1) is 19.2 Å². The largest absolute Gasteiger partial charge is 1.00 e. The Morgan fingerprint density at radius 2 is 0.591 bits per heavy atom. The van der Waals surface area contributed by atoms with Gasteiger partial charge in [-0.15, -0.1) is 0 Å². The standard InChI is InChI=1S/C41H85NO.HI/c1-4-7-9-11-13-15-17-19-21-23-25-27-29-31-33-35-37-41(42(6-3)39-40-43)38-36-34-32-30-28-26-24-22-20-18-16-14-12-10-8-5-2;/h41,43H,4-40H2,1-3H3;1H. The summed E-state index contributed by atoms with van der Waals surface area (Å²) in [4.78, 5) is 1.66. The van der Waals surface area contributed by atoms with Gasteiger partial charge in [0.15, 0.2) is 0 Å². The van der Waals surface area contributed by atoms with Crippen LogP contribution in [0.1, 0.15) is 239 Å². The second-order valence-electron chi connectivity index (χ2n) is 14.4. The number of aliphatic hydroxyl groups is 1. The number of hydrogen-bond acceptors (Lipinski definition) is 1. The molecule has 268 valence electrons. The highest BCUT2D eigenvalue weighted by atomic mass is 127. The predicted molar refractivity (Wildman–Crippen MR) is 196 cm³/mol. The molecule has 0 spiro atoms. The van der Waals surface area contributed by atoms with Crippen molar-refractivity contribution in [1.29, 1.82) is 0 Å². The van der Waals surface area contributed by atoms with Crippen LogP contribution in [0.25, 0.3) is 0 Å². The van der Waals surface area contributed by atoms with Gasteiger partial charge in [0.25, 0.3) is 0 Å². The van der Waals surface area contributed by atoms with Crippen LogP contribution < -0.4 is 28.9 Å². The number of likely N-dealkylation sites (N-methyl/N-ethyl adjacent to an activating group) is 1. The van der Waals surface area contributed by atoms with Crippen molar-refractivity contribution < 1.29 is 34.0 Å². The molecule has 0 aromatic rings. The van der Waals surface area contributed by atoms with Gasteiger partial charge in [-0.05, 0) is 32.6 Å². The van der Waals surface area contributed by atoms with Crippen LogP contribution in [-0.4, -0.2) is 30.8 Å². The third-order valence-electron chi connectivity index (χ3n) is 10.3. The highest BCUT2D eigenvalue weighted by Crippen LogP contribution is 2.17. The fourth-order valence-corrected chi connectivity index (χ4v) is 7.24. The Labute approximate surface area is 297 Å². The topological polar surface area (TPSA) is 24.7 Å². The van der Waals surface area contributed by atoms with Crippen LogP contribution in [0, 0.1) is 0 Å². The Balaban J connectivity index is 0. The Kier molecular flexibility index (Phi) is 44.3. The lowest BCUT2D eigenvalue weighted by Crippen LogP contribution is -3.16. The molecule has 2 N–H and O–H groups in total. The zero-order chi connectivity index (χ0) is 31.3. The third kappa shape index (κ3) is 35.5. The zero-order valence-electron chi connectivity index (χ0n) is 31.1. The molecular formula is C41H86INO. The molecule has 44 heavy (non-hydrogen) atoms. The first-order chi connectivity index (χ1) is 21.3. The van der Waals surface area contributed by atoms with Crippen LogP contribution in [0.15, 0.2) is 0 Å². The van der Waals surface area contributed by atoms with Gasteiger partial charge in [0, 0.05) is 0 Å². The molecule has 0 aromatic carbocycles. The highest BCUT2D eigenvalue weighted by Gasteiger charge is 2.19. The van der Waals surface area contributed by atoms with Gasteiger partial charge in [-0.3, -0.25) is 0 Å². The van der Waals surface area contributed by atoms with Crippen LogP contribution in [0.3, 0.4) is 0 Å². The minimum Gasteiger partial charge on any atom is -1.00 e. The molecule has 0 amide bonds. The van der Waals surface area contributed by atoms with E-state index in [-0.39, 0.29) is 24.0 Å². The molecule has 0 aliphatic carbocycles. The number of halogens is 1. The van der Waals surface area contributed by atoms with Gasteiger partial charge in [-0.25, -0.2) is 0 Å². The smallest absolute Gasteiger partial charge is 0.101 e. The molecule has 0 fully saturated rings. The van der Waals surface area contributed by atoms with Gasteiger partial charge in [-0.2, -0.15) is 0 Å². The average Bonchev–Trinajstić information content (AvgIpc) is 3.02. The molecule has 0 aliphatic rings. The first-order valence-electron chi connectivity index (χ1n) is 20.7. The van der Waals surface area contributed by atoms with Gasteiger partial charge in [-0.1, -0.05) is 206 Å². The molecule has 1 unspecified atom stereocenters. The van der Waals surface area contributed by atoms with Crippen LogP contribution in [-0.2, 0) is 0 Å². The summed E-state index contributed by atoms with van der Waals surface area (Å²) in [5, 5.41) is 9.62. The summed E-state index contributed by atoms with van der Waals surface area (Å²) >= 11 is 0. The average molecular weight is 736 g/mol. The fourth-order valence-electron chi connectivity index (χ4n) is 7.24. The van der Waals surface area contributed by atoms with Crippen molar-refractivity contribution in [3.8, 4) is 0 Å². The van der Waals surface area contributed by atoms with E-state index in [1.165, 1.54) is 225 Å². The molecule has 0 rings (SSSR count). The quantitative estimate of drug-likeness (QED) is 0.0480. The van der Waals surface area contributed by atoms with E-state index in [0.717, 1.165) is 12.6 Å². The number of nitrogens with one attached hydrogen (secondary N) is 1. The van der Waals surface area contributed by atoms with Gasteiger partial charge < -0.3 is 34.0 Å². The molecule has 0 saturated carbocycles. The van der Waals surface area contributed by atoms with E-state index in [1.807, 2.05) is 0 Å². The monoisotopic (exact) mass is 736 g/mol. The first kappa shape index (κ1) is 46.8. The van der Waals surface area contributed by atoms with Crippen molar-refractivity contribution in [1.82, 2.24) is 0 Å². The summed E-state index contributed by atoms with van der Waals surface area (Å²) in [6, 6.07) is 0.774. The minimum absolute atomic E-state index is 0. The minimum atomic E-state index is 0. The van der Waals surface area contributed by atoms with Crippen molar-refractivity contribution in [2.45, 2.75) is 245 Å². The Hall–Kier alpha value is 0.650. The fraction of sp³-hybridized carbons (Fsp3) is 1.00. The second-order valence-corrected chi connectivity index (χ2v) is 14.4. The summed E-state index contributed by atoms with van der Waals surface area (Å²) in [7, 11) is 0. The number of quaternary nitrogens is 1. The molecule has 0 heterocycles. The summed E-state index contributed by atoms with van der Waals surface area (Å²) in [5.41, 5.74) is 0. The summed E-state index contributed by atoms with van der Waals surface area (Å²) in [6.07, 6.45) is 49.1. The molecule has 0 bridgehead atoms. The van der Waals surface area contributed by atoms with E-state index >= 15 is 0 Å². The molecule has 0 radical (unpaired) electrons. The Bertz CT molecular complexity index is 451. The van der Waals surface area contributed by atoms with Crippen molar-refractivity contribution in [2.24, 2.45) is 0 Å². The lowest BCUT2D eigenvalue weighted by molar-refractivity contribution is -0.925. The summed E-state index contributed by atoms with van der Waals surface area (Å²) in [6.45, 7) is 9.39. The summed E-state index contributed by atoms with van der Waals surface area (Å²) in [5.74, 6) is 0. The molecular weight excluding hydrogens is 649 g/mol. The lowest BCUT2D eigenvalue weighted by atomic mass is 9.98. The molecule has 0 aliphatic heterocycles. The van der Waals surface area contributed by atoms with Crippen LogP contribution in [0.5, 0.6) is 0 Å². The summed E-state index contributed by atoms with van der Waals surface area (Å²) < 4.78 is 0. The Morgan fingerprint density at radius 3 is 0.795 bits per heavy atom. The predicted octanol–water partition coefficient (Wildman–Crippen LogP) is 9.56. The molecule has 2 nitrogen and oxygen atoms in total. The van der Waals surface area contributed by atoms with E-state index in [0.29, 0.717) is 6.61 Å². The third-order valence-corrected chi connectivity index (χ3v) is 10.3. The van der Waals surface area contributed by atoms with Crippen molar-refractivity contribution in [3.05, 3.63) is 0 Å². The van der Waals surface area contributed by atoms with Gasteiger partial charge in [0.1, 0.15) is 6.54 Å². The molecule has 3 heteroatoms. The van der Waals surface area contributed by atoms with E-state index in [1.54, 1.807) is 4.90 Å². The van der Waals surface area contributed by atoms with E-state index < -0.39 is 0 Å². The maximum Gasteiger partial charge on any atom is 0.101 e. The zero-order valence-corrected chi connectivity index (χ0v) is 33.2. The van der Waals surface area contributed by atoms with Gasteiger partial charge in [0.2, 0.25) is 0 Å².